The van der Waals surface area contributed by atoms with Crippen LogP contribution in [0.2, 0.25) is 0 Å². The highest BCUT2D eigenvalue weighted by atomic mass is 16.3. The van der Waals surface area contributed by atoms with Gasteiger partial charge in [0.1, 0.15) is 22.3 Å². The second-order valence-electron chi connectivity index (χ2n) is 22.1. The van der Waals surface area contributed by atoms with E-state index >= 15 is 0 Å². The maximum Gasteiger partial charge on any atom is 0.144 e. The summed E-state index contributed by atoms with van der Waals surface area (Å²) in [5.74, 6) is 0. The van der Waals surface area contributed by atoms with Crippen LogP contribution in [0.5, 0.6) is 0 Å². The Bertz CT molecular complexity index is 4320. The lowest BCUT2D eigenvalue weighted by Gasteiger charge is -2.32. The van der Waals surface area contributed by atoms with Crippen molar-refractivity contribution < 1.29 is 8.83 Å². The second-order valence-corrected chi connectivity index (χ2v) is 22.1. The first-order chi connectivity index (χ1) is 35.4. The molecule has 0 amide bonds. The van der Waals surface area contributed by atoms with Gasteiger partial charge in [-0.25, -0.2) is 0 Å². The summed E-state index contributed by atoms with van der Waals surface area (Å²) in [6, 6.07) is 67.5. The molecule has 0 bridgehead atoms. The third kappa shape index (κ3) is 5.82. The first-order valence-electron chi connectivity index (χ1n) is 26.2. The van der Waals surface area contributed by atoms with Crippen molar-refractivity contribution in [1.82, 2.24) is 0 Å². The Balaban J connectivity index is 0.00000244. The zero-order valence-corrected chi connectivity index (χ0v) is 43.1. The van der Waals surface area contributed by atoms with Crippen LogP contribution in [0, 0.1) is 6.92 Å². The zero-order chi connectivity index (χ0) is 49.9. The second kappa shape index (κ2) is 15.2. The lowest BCUT2D eigenvalue weighted by Crippen LogP contribution is -2.24. The van der Waals surface area contributed by atoms with Crippen LogP contribution in [0.1, 0.15) is 94.3 Å². The summed E-state index contributed by atoms with van der Waals surface area (Å²) < 4.78 is 13.9. The molecule has 15 rings (SSSR count). The predicted octanol–water partition coefficient (Wildman–Crippen LogP) is 20.0. The molecule has 0 unspecified atom stereocenters. The molecule has 10 aromatic carbocycles. The summed E-state index contributed by atoms with van der Waals surface area (Å²) in [6.07, 6.45) is 0. The van der Waals surface area contributed by atoms with Gasteiger partial charge in [-0.15, -0.1) is 0 Å². The minimum atomic E-state index is -0.321. The Morgan fingerprint density at radius 3 is 1.59 bits per heavy atom. The number of nitrogens with zero attached hydrogens (tertiary/aromatic N) is 1. The third-order valence-electron chi connectivity index (χ3n) is 17.0. The van der Waals surface area contributed by atoms with Crippen molar-refractivity contribution in [2.45, 2.75) is 78.6 Å². The average Bonchev–Trinajstić information content (AvgIpc) is 4.17. The molecule has 0 saturated carbocycles. The van der Waals surface area contributed by atoms with E-state index in [4.69, 9.17) is 8.83 Å². The van der Waals surface area contributed by atoms with Gasteiger partial charge in [0, 0.05) is 66.0 Å². The Morgan fingerprint density at radius 1 is 0.370 bits per heavy atom. The predicted molar refractivity (Wildman–Crippen MR) is 307 cm³/mol. The summed E-state index contributed by atoms with van der Waals surface area (Å²) in [4.78, 5) is 2.48. The van der Waals surface area contributed by atoms with Crippen molar-refractivity contribution >= 4 is 71.7 Å². The molecule has 354 valence electrons. The molecular formula is C70H57NO2. The number of hydrogen-bond acceptors (Lipinski definition) is 3. The van der Waals surface area contributed by atoms with Gasteiger partial charge in [-0.1, -0.05) is 182 Å². The molecule has 3 heteroatoms. The van der Waals surface area contributed by atoms with Gasteiger partial charge >= 0.3 is 0 Å². The number of hydrogen-bond donors (Lipinski definition) is 0. The van der Waals surface area contributed by atoms with Gasteiger partial charge in [-0.3, -0.25) is 0 Å². The Kier molecular flexibility index (Phi) is 9.08. The molecule has 0 aliphatic heterocycles. The van der Waals surface area contributed by atoms with Crippen LogP contribution < -0.4 is 4.90 Å². The molecule has 2 aromatic heterocycles. The molecule has 0 fully saturated rings. The molecule has 0 spiro atoms. The number of fused-ring (bicyclic) bond motifs is 20. The lowest BCUT2D eigenvalue weighted by molar-refractivity contribution is 0.600. The van der Waals surface area contributed by atoms with E-state index in [0.29, 0.717) is 0 Å². The van der Waals surface area contributed by atoms with Crippen LogP contribution in [0.4, 0.5) is 17.1 Å². The minimum Gasteiger partial charge on any atom is -0.455 e. The minimum absolute atomic E-state index is 0.224. The van der Waals surface area contributed by atoms with Crippen LogP contribution in [-0.2, 0) is 16.2 Å². The van der Waals surface area contributed by atoms with Crippen molar-refractivity contribution in [1.29, 1.82) is 0 Å². The normalized spacial score (nSPS) is 15.0. The van der Waals surface area contributed by atoms with Gasteiger partial charge in [-0.2, -0.15) is 0 Å². The van der Waals surface area contributed by atoms with Gasteiger partial charge in [0.15, 0.2) is 0 Å². The fourth-order valence-corrected chi connectivity index (χ4v) is 13.6. The number of furan rings is 2. The summed E-state index contributed by atoms with van der Waals surface area (Å²) >= 11 is 0. The van der Waals surface area contributed by atoms with E-state index in [-0.39, 0.29) is 16.2 Å². The van der Waals surface area contributed by atoms with E-state index in [0.717, 1.165) is 55.9 Å². The number of rotatable bonds is 4. The molecule has 0 N–H and O–H groups in total. The maximum atomic E-state index is 6.99. The lowest BCUT2D eigenvalue weighted by atomic mass is 9.72. The van der Waals surface area contributed by atoms with Gasteiger partial charge in [0.2, 0.25) is 0 Å². The van der Waals surface area contributed by atoms with E-state index in [1.54, 1.807) is 0 Å². The largest absolute Gasteiger partial charge is 0.455 e. The van der Waals surface area contributed by atoms with Crippen LogP contribution in [0.15, 0.2) is 191 Å². The molecule has 0 saturated heterocycles. The first kappa shape index (κ1) is 43.6. The SMILES string of the molecule is CC.Cc1ccc(N(c2ccc3c(c2)C(C)(C)c2cc(-c4ccc5ccccc5c4)c4oc5ccccc5c4c2-3)c2ccc3c(c2)C(C)(C)c2c4c(c5oc6ccccc6c5c2-3)-c2ccccc2C4(C)C)cc1. The van der Waals surface area contributed by atoms with E-state index in [9.17, 15) is 0 Å². The number of anilines is 3. The molecule has 12 aromatic rings. The van der Waals surface area contributed by atoms with E-state index in [1.807, 2.05) is 13.8 Å². The fraction of sp³-hybridized carbons (Fsp3) is 0.171. The molecular weight excluding hydrogens is 887 g/mol. The Labute approximate surface area is 427 Å². The molecule has 0 atom stereocenters. The van der Waals surface area contributed by atoms with E-state index in [2.05, 4.69) is 235 Å². The average molecular weight is 944 g/mol. The third-order valence-corrected chi connectivity index (χ3v) is 17.0. The van der Waals surface area contributed by atoms with Gasteiger partial charge in [0.05, 0.1) is 0 Å². The molecule has 2 heterocycles. The quantitative estimate of drug-likeness (QED) is 0.176. The van der Waals surface area contributed by atoms with E-state index < -0.39 is 0 Å². The summed E-state index contributed by atoms with van der Waals surface area (Å²) in [6.45, 7) is 20.7. The topological polar surface area (TPSA) is 29.5 Å². The highest BCUT2D eigenvalue weighted by molar-refractivity contribution is 6.21. The Hall–Kier alpha value is -8.14. The summed E-state index contributed by atoms with van der Waals surface area (Å²) in [7, 11) is 0. The highest BCUT2D eigenvalue weighted by Crippen LogP contribution is 2.64. The maximum absolute atomic E-state index is 6.99. The van der Waals surface area contributed by atoms with Crippen LogP contribution in [0.25, 0.3) is 99.2 Å². The van der Waals surface area contributed by atoms with Crippen LogP contribution in [-0.4, -0.2) is 0 Å². The van der Waals surface area contributed by atoms with Crippen molar-refractivity contribution in [3.8, 4) is 44.5 Å². The Morgan fingerprint density at radius 2 is 0.890 bits per heavy atom. The van der Waals surface area contributed by atoms with Gasteiger partial charge in [-0.05, 0) is 145 Å². The molecule has 0 radical (unpaired) electrons. The van der Waals surface area contributed by atoms with Crippen molar-refractivity contribution in [2.24, 2.45) is 0 Å². The van der Waals surface area contributed by atoms with Gasteiger partial charge < -0.3 is 13.7 Å². The first-order valence-corrected chi connectivity index (χ1v) is 26.2. The number of benzene rings is 10. The van der Waals surface area contributed by atoms with Gasteiger partial charge in [0.25, 0.3) is 0 Å². The molecule has 3 aliphatic carbocycles. The molecule has 3 nitrogen and oxygen atoms in total. The molecule has 3 aliphatic rings. The highest BCUT2D eigenvalue weighted by Gasteiger charge is 2.49. The fourth-order valence-electron chi connectivity index (χ4n) is 13.6. The van der Waals surface area contributed by atoms with Crippen molar-refractivity contribution in [3.05, 3.63) is 221 Å². The van der Waals surface area contributed by atoms with Crippen molar-refractivity contribution in [2.75, 3.05) is 4.90 Å². The zero-order valence-electron chi connectivity index (χ0n) is 43.1. The van der Waals surface area contributed by atoms with Crippen molar-refractivity contribution in [3.63, 3.8) is 0 Å². The standard InChI is InChI=1S/C68H51NO2.C2H6/c1-38-24-28-42(29-25-38)69(44-31-33-47-53(36-44)68(6,7)62-58(47)60-49-20-12-15-23-56(49)71-65(60)61-45-18-10-13-21-51(45)67(4,5)63(61)62)43-30-32-46-52(35-43)66(2,3)54-37-50(41-27-26-39-16-8-9-17-40(39)34-41)64-59(57(46)54)48-19-11-14-22-55(48)70-64;1-2/h8-37H,1-7H3;1-2H3. The monoisotopic (exact) mass is 943 g/mol. The van der Waals surface area contributed by atoms with Crippen LogP contribution in [0.3, 0.4) is 0 Å². The number of aryl methyl sites for hydroxylation is 1. The summed E-state index contributed by atoms with van der Waals surface area (Å²) in [5.41, 5.74) is 25.6. The summed E-state index contributed by atoms with van der Waals surface area (Å²) in [5, 5.41) is 7.18. The molecule has 73 heavy (non-hydrogen) atoms. The smallest absolute Gasteiger partial charge is 0.144 e. The van der Waals surface area contributed by atoms with Crippen LogP contribution >= 0.6 is 0 Å². The number of para-hydroxylation sites is 2. The van der Waals surface area contributed by atoms with E-state index in [1.165, 1.54) is 99.3 Å².